The molecule has 2 rings (SSSR count). The number of anilines is 2. The lowest BCUT2D eigenvalue weighted by Gasteiger charge is -2.37. The van der Waals surface area contributed by atoms with Gasteiger partial charge >= 0.3 is 5.97 Å². The van der Waals surface area contributed by atoms with Crippen molar-refractivity contribution in [3.05, 3.63) is 23.3 Å². The van der Waals surface area contributed by atoms with E-state index in [1.807, 2.05) is 13.0 Å². The molecule has 1 atom stereocenters. The summed E-state index contributed by atoms with van der Waals surface area (Å²) in [6.07, 6.45) is 2.30. The minimum Gasteiger partial charge on any atom is -0.478 e. The van der Waals surface area contributed by atoms with Crippen LogP contribution in [0.3, 0.4) is 0 Å². The van der Waals surface area contributed by atoms with E-state index >= 15 is 0 Å². The van der Waals surface area contributed by atoms with Crippen LogP contribution in [0.15, 0.2) is 12.1 Å². The second kappa shape index (κ2) is 5.71. The maximum atomic E-state index is 11.3. The van der Waals surface area contributed by atoms with Gasteiger partial charge < -0.3 is 20.6 Å². The van der Waals surface area contributed by atoms with Crippen molar-refractivity contribution in [2.24, 2.45) is 0 Å². The third kappa shape index (κ3) is 2.88. The van der Waals surface area contributed by atoms with E-state index in [4.69, 9.17) is 5.73 Å². The Balaban J connectivity index is 2.30. The van der Waals surface area contributed by atoms with Crippen molar-refractivity contribution < 1.29 is 9.90 Å². The van der Waals surface area contributed by atoms with Gasteiger partial charge in [0.15, 0.2) is 0 Å². The molecule has 110 valence electrons. The van der Waals surface area contributed by atoms with Gasteiger partial charge in [0, 0.05) is 30.5 Å². The fraction of sp³-hybridized carbons (Fsp3) is 0.533. The first-order chi connectivity index (χ1) is 9.40. The van der Waals surface area contributed by atoms with E-state index in [-0.39, 0.29) is 5.56 Å². The summed E-state index contributed by atoms with van der Waals surface area (Å²) >= 11 is 0. The minimum atomic E-state index is -0.964. The SMILES string of the molecule is Cc1cc(N2CCCC(N(C)C)C2)cc(C(=O)O)c1N. The largest absolute Gasteiger partial charge is 0.478 e. The molecule has 20 heavy (non-hydrogen) atoms. The van der Waals surface area contributed by atoms with Crippen molar-refractivity contribution in [3.63, 3.8) is 0 Å². The Bertz CT molecular complexity index is 514. The Morgan fingerprint density at radius 3 is 2.75 bits per heavy atom. The van der Waals surface area contributed by atoms with Crippen LogP contribution < -0.4 is 10.6 Å². The number of aryl methyl sites for hydroxylation is 1. The highest BCUT2D eigenvalue weighted by molar-refractivity contribution is 5.95. The van der Waals surface area contributed by atoms with Crippen LogP contribution in [0.2, 0.25) is 0 Å². The van der Waals surface area contributed by atoms with Crippen LogP contribution in [0.5, 0.6) is 0 Å². The Labute approximate surface area is 120 Å². The molecule has 3 N–H and O–H groups in total. The fourth-order valence-electron chi connectivity index (χ4n) is 2.75. The lowest BCUT2D eigenvalue weighted by Crippen LogP contribution is -2.45. The third-order valence-corrected chi connectivity index (χ3v) is 4.09. The lowest BCUT2D eigenvalue weighted by atomic mass is 10.0. The van der Waals surface area contributed by atoms with Gasteiger partial charge in [-0.1, -0.05) is 0 Å². The molecule has 5 nitrogen and oxygen atoms in total. The van der Waals surface area contributed by atoms with E-state index in [0.717, 1.165) is 30.8 Å². The number of carbonyl (C=O) groups is 1. The minimum absolute atomic E-state index is 0.201. The summed E-state index contributed by atoms with van der Waals surface area (Å²) in [7, 11) is 4.18. The third-order valence-electron chi connectivity index (χ3n) is 4.09. The lowest BCUT2D eigenvalue weighted by molar-refractivity contribution is 0.0698. The Morgan fingerprint density at radius 2 is 2.15 bits per heavy atom. The molecular formula is C15H23N3O2. The molecule has 1 saturated heterocycles. The van der Waals surface area contributed by atoms with Crippen LogP contribution >= 0.6 is 0 Å². The number of nitrogen functional groups attached to an aromatic ring is 1. The molecular weight excluding hydrogens is 254 g/mol. The van der Waals surface area contributed by atoms with Crippen LogP contribution in [-0.2, 0) is 0 Å². The second-order valence-corrected chi connectivity index (χ2v) is 5.73. The number of rotatable bonds is 3. The number of aromatic carboxylic acids is 1. The van der Waals surface area contributed by atoms with E-state index in [2.05, 4.69) is 23.9 Å². The molecule has 1 heterocycles. The number of benzene rings is 1. The first-order valence-electron chi connectivity index (χ1n) is 6.95. The topological polar surface area (TPSA) is 69.8 Å². The molecule has 1 aromatic carbocycles. The summed E-state index contributed by atoms with van der Waals surface area (Å²) in [5.41, 5.74) is 8.20. The standard InChI is InChI=1S/C15H23N3O2/c1-10-7-12(8-13(14(10)16)15(19)20)18-6-4-5-11(9-18)17(2)3/h7-8,11H,4-6,9,16H2,1-3H3,(H,19,20). The monoisotopic (exact) mass is 277 g/mol. The Hall–Kier alpha value is -1.75. The van der Waals surface area contributed by atoms with Crippen molar-refractivity contribution in [1.82, 2.24) is 4.90 Å². The van der Waals surface area contributed by atoms with Gasteiger partial charge in [0.25, 0.3) is 0 Å². The Kier molecular flexibility index (Phi) is 4.18. The zero-order valence-corrected chi connectivity index (χ0v) is 12.4. The number of carboxylic acids is 1. The molecule has 1 unspecified atom stereocenters. The zero-order chi connectivity index (χ0) is 14.9. The highest BCUT2D eigenvalue weighted by Gasteiger charge is 2.23. The van der Waals surface area contributed by atoms with Crippen LogP contribution in [0, 0.1) is 6.92 Å². The van der Waals surface area contributed by atoms with Gasteiger partial charge in [0.2, 0.25) is 0 Å². The molecule has 0 aromatic heterocycles. The molecule has 1 aliphatic rings. The average Bonchev–Trinajstić information content (AvgIpc) is 2.41. The summed E-state index contributed by atoms with van der Waals surface area (Å²) in [6.45, 7) is 3.75. The van der Waals surface area contributed by atoms with Gasteiger partial charge in [0.1, 0.15) is 0 Å². The van der Waals surface area contributed by atoms with E-state index < -0.39 is 5.97 Å². The molecule has 0 spiro atoms. The molecule has 1 aliphatic heterocycles. The highest BCUT2D eigenvalue weighted by atomic mass is 16.4. The molecule has 5 heteroatoms. The van der Waals surface area contributed by atoms with Crippen molar-refractivity contribution in [3.8, 4) is 0 Å². The number of hydrogen-bond acceptors (Lipinski definition) is 4. The van der Waals surface area contributed by atoms with E-state index in [0.29, 0.717) is 11.7 Å². The molecule has 0 aliphatic carbocycles. The van der Waals surface area contributed by atoms with Crippen LogP contribution in [-0.4, -0.2) is 49.2 Å². The van der Waals surface area contributed by atoms with Crippen LogP contribution in [0.25, 0.3) is 0 Å². The van der Waals surface area contributed by atoms with Crippen LogP contribution in [0.4, 0.5) is 11.4 Å². The molecule has 0 bridgehead atoms. The van der Waals surface area contributed by atoms with E-state index in [1.165, 1.54) is 6.42 Å². The first-order valence-corrected chi connectivity index (χ1v) is 6.95. The summed E-state index contributed by atoms with van der Waals surface area (Å²) in [6, 6.07) is 4.19. The van der Waals surface area contributed by atoms with Gasteiger partial charge in [-0.25, -0.2) is 4.79 Å². The normalized spacial score (nSPS) is 19.4. The average molecular weight is 277 g/mol. The van der Waals surface area contributed by atoms with Crippen molar-refractivity contribution >= 4 is 17.3 Å². The Morgan fingerprint density at radius 1 is 1.45 bits per heavy atom. The summed E-state index contributed by atoms with van der Waals surface area (Å²) in [5.74, 6) is -0.964. The van der Waals surface area contributed by atoms with Crippen LogP contribution in [0.1, 0.15) is 28.8 Å². The van der Waals surface area contributed by atoms with Gasteiger partial charge in [-0.3, -0.25) is 0 Å². The van der Waals surface area contributed by atoms with Crippen molar-refractivity contribution in [1.29, 1.82) is 0 Å². The first kappa shape index (κ1) is 14.7. The predicted octanol–water partition coefficient (Wildman–Crippen LogP) is 1.81. The fourth-order valence-corrected chi connectivity index (χ4v) is 2.75. The maximum absolute atomic E-state index is 11.3. The molecule has 1 fully saturated rings. The number of nitrogens with zero attached hydrogens (tertiary/aromatic N) is 2. The van der Waals surface area contributed by atoms with Crippen molar-refractivity contribution in [2.45, 2.75) is 25.8 Å². The number of hydrogen-bond donors (Lipinski definition) is 2. The van der Waals surface area contributed by atoms with Gasteiger partial charge in [-0.05, 0) is 51.6 Å². The van der Waals surface area contributed by atoms with Crippen molar-refractivity contribution in [2.75, 3.05) is 37.8 Å². The number of carboxylic acid groups (broad SMARTS) is 1. The second-order valence-electron chi connectivity index (χ2n) is 5.73. The number of piperidine rings is 1. The molecule has 0 amide bonds. The number of likely N-dealkylation sites (N-methyl/N-ethyl adjacent to an activating group) is 1. The highest BCUT2D eigenvalue weighted by Crippen LogP contribution is 2.28. The molecule has 1 aromatic rings. The van der Waals surface area contributed by atoms with Gasteiger partial charge in [0.05, 0.1) is 5.56 Å². The van der Waals surface area contributed by atoms with Gasteiger partial charge in [-0.15, -0.1) is 0 Å². The predicted molar refractivity (Wildman–Crippen MR) is 81.5 cm³/mol. The molecule has 0 radical (unpaired) electrons. The van der Waals surface area contributed by atoms with Gasteiger partial charge in [-0.2, -0.15) is 0 Å². The summed E-state index contributed by atoms with van der Waals surface area (Å²) in [4.78, 5) is 15.8. The van der Waals surface area contributed by atoms with E-state index in [9.17, 15) is 9.90 Å². The quantitative estimate of drug-likeness (QED) is 0.825. The summed E-state index contributed by atoms with van der Waals surface area (Å²) in [5, 5.41) is 9.25. The molecule has 0 saturated carbocycles. The smallest absolute Gasteiger partial charge is 0.337 e. The zero-order valence-electron chi connectivity index (χ0n) is 12.4. The summed E-state index contributed by atoms with van der Waals surface area (Å²) < 4.78 is 0. The van der Waals surface area contributed by atoms with E-state index in [1.54, 1.807) is 6.07 Å². The maximum Gasteiger partial charge on any atom is 0.337 e. The number of nitrogens with two attached hydrogens (primary N) is 1.